The van der Waals surface area contributed by atoms with Crippen molar-refractivity contribution < 1.29 is 9.90 Å². The second kappa shape index (κ2) is 4.14. The molecule has 0 radical (unpaired) electrons. The molecule has 2 aromatic rings. The average Bonchev–Trinajstić information content (AvgIpc) is 2.94. The Labute approximate surface area is 103 Å². The van der Waals surface area contributed by atoms with Crippen molar-refractivity contribution in [3.8, 4) is 0 Å². The molecule has 1 saturated carbocycles. The third-order valence-corrected chi connectivity index (χ3v) is 4.01. The molecule has 0 unspecified atom stereocenters. The molecule has 5 heteroatoms. The Bertz CT molecular complexity index is 554. The lowest BCUT2D eigenvalue weighted by molar-refractivity contribution is -0.137. The summed E-state index contributed by atoms with van der Waals surface area (Å²) in [4.78, 5) is 16.1. The van der Waals surface area contributed by atoms with E-state index in [9.17, 15) is 4.79 Å². The molecule has 0 aliphatic heterocycles. The van der Waals surface area contributed by atoms with Gasteiger partial charge < -0.3 is 5.11 Å². The summed E-state index contributed by atoms with van der Waals surface area (Å²) in [5, 5.41) is 10.7. The van der Waals surface area contributed by atoms with Gasteiger partial charge in [-0.2, -0.15) is 0 Å². The SMILES string of the molecule is O=C(O)CCCc1csc2nc(C3CC3)cn12. The first-order valence-electron chi connectivity index (χ1n) is 5.91. The topological polar surface area (TPSA) is 54.6 Å². The van der Waals surface area contributed by atoms with E-state index in [1.165, 1.54) is 24.2 Å². The molecular formula is C12H14N2O2S. The molecule has 0 bridgehead atoms. The summed E-state index contributed by atoms with van der Waals surface area (Å²) in [6.45, 7) is 0. The Morgan fingerprint density at radius 3 is 3.12 bits per heavy atom. The van der Waals surface area contributed by atoms with Gasteiger partial charge in [0.1, 0.15) is 0 Å². The van der Waals surface area contributed by atoms with Crippen LogP contribution < -0.4 is 0 Å². The van der Waals surface area contributed by atoms with E-state index in [1.54, 1.807) is 11.3 Å². The van der Waals surface area contributed by atoms with Gasteiger partial charge >= 0.3 is 5.97 Å². The van der Waals surface area contributed by atoms with Crippen molar-refractivity contribution in [1.29, 1.82) is 0 Å². The number of thiazole rings is 1. The molecule has 17 heavy (non-hydrogen) atoms. The Hall–Kier alpha value is -1.36. The second-order valence-electron chi connectivity index (χ2n) is 4.57. The van der Waals surface area contributed by atoms with Crippen molar-refractivity contribution >= 4 is 22.3 Å². The van der Waals surface area contributed by atoms with Crippen LogP contribution >= 0.6 is 11.3 Å². The van der Waals surface area contributed by atoms with Gasteiger partial charge in [-0.15, -0.1) is 11.3 Å². The van der Waals surface area contributed by atoms with Gasteiger partial charge in [0.25, 0.3) is 0 Å². The predicted molar refractivity (Wildman–Crippen MR) is 65.6 cm³/mol. The number of aromatic nitrogens is 2. The first kappa shape index (κ1) is 10.8. The molecule has 2 heterocycles. The highest BCUT2D eigenvalue weighted by atomic mass is 32.1. The summed E-state index contributed by atoms with van der Waals surface area (Å²) in [5.74, 6) is -0.0465. The molecule has 0 amide bonds. The standard InChI is InChI=1S/C12H14N2O2S/c15-11(16)3-1-2-9-7-17-12-13-10(6-14(9)12)8-4-5-8/h6-8H,1-5H2,(H,15,16). The van der Waals surface area contributed by atoms with Crippen molar-refractivity contribution in [1.82, 2.24) is 9.38 Å². The zero-order valence-electron chi connectivity index (χ0n) is 9.43. The zero-order chi connectivity index (χ0) is 11.8. The fraction of sp³-hybridized carbons (Fsp3) is 0.500. The Balaban J connectivity index is 1.76. The summed E-state index contributed by atoms with van der Waals surface area (Å²) >= 11 is 1.64. The van der Waals surface area contributed by atoms with E-state index in [1.807, 2.05) is 0 Å². The van der Waals surface area contributed by atoms with Crippen LogP contribution in [0.1, 0.15) is 43.0 Å². The van der Waals surface area contributed by atoms with Crippen LogP contribution in [-0.4, -0.2) is 20.5 Å². The molecule has 1 aliphatic carbocycles. The van der Waals surface area contributed by atoms with Crippen LogP contribution in [-0.2, 0) is 11.2 Å². The fourth-order valence-corrected chi connectivity index (χ4v) is 2.94. The molecule has 0 saturated heterocycles. The summed E-state index contributed by atoms with van der Waals surface area (Å²) in [5.41, 5.74) is 2.39. The third kappa shape index (κ3) is 2.20. The number of rotatable bonds is 5. The maximum atomic E-state index is 10.5. The average molecular weight is 250 g/mol. The van der Waals surface area contributed by atoms with Crippen LogP contribution in [0.3, 0.4) is 0 Å². The van der Waals surface area contributed by atoms with E-state index in [4.69, 9.17) is 5.11 Å². The number of imidazole rings is 1. The number of carboxylic acids is 1. The van der Waals surface area contributed by atoms with Gasteiger partial charge in [0.15, 0.2) is 4.96 Å². The van der Waals surface area contributed by atoms with Crippen LogP contribution in [0.25, 0.3) is 4.96 Å². The highest BCUT2D eigenvalue weighted by molar-refractivity contribution is 7.15. The fourth-order valence-electron chi connectivity index (χ4n) is 2.02. The van der Waals surface area contributed by atoms with Gasteiger partial charge in [-0.05, 0) is 25.7 Å². The largest absolute Gasteiger partial charge is 0.481 e. The number of hydrogen-bond donors (Lipinski definition) is 1. The third-order valence-electron chi connectivity index (χ3n) is 3.12. The maximum absolute atomic E-state index is 10.5. The molecule has 2 aromatic heterocycles. The highest BCUT2D eigenvalue weighted by Gasteiger charge is 2.26. The van der Waals surface area contributed by atoms with Gasteiger partial charge in [0.05, 0.1) is 5.69 Å². The maximum Gasteiger partial charge on any atom is 0.303 e. The minimum atomic E-state index is -0.722. The molecule has 4 nitrogen and oxygen atoms in total. The van der Waals surface area contributed by atoms with Crippen molar-refractivity contribution in [2.24, 2.45) is 0 Å². The van der Waals surface area contributed by atoms with E-state index in [0.717, 1.165) is 11.4 Å². The van der Waals surface area contributed by atoms with Gasteiger partial charge in [-0.3, -0.25) is 9.20 Å². The van der Waals surface area contributed by atoms with Gasteiger partial charge in [-0.1, -0.05) is 0 Å². The normalized spacial score (nSPS) is 15.5. The van der Waals surface area contributed by atoms with Crippen molar-refractivity contribution in [3.05, 3.63) is 23.0 Å². The molecule has 0 aromatic carbocycles. The van der Waals surface area contributed by atoms with Crippen LogP contribution in [0.4, 0.5) is 0 Å². The van der Waals surface area contributed by atoms with Crippen molar-refractivity contribution in [2.45, 2.75) is 38.0 Å². The number of carbonyl (C=O) groups is 1. The monoisotopic (exact) mass is 250 g/mol. The minimum Gasteiger partial charge on any atom is -0.481 e. The molecule has 3 rings (SSSR count). The van der Waals surface area contributed by atoms with Crippen LogP contribution in [0, 0.1) is 0 Å². The van der Waals surface area contributed by atoms with Crippen molar-refractivity contribution in [2.75, 3.05) is 0 Å². The van der Waals surface area contributed by atoms with Gasteiger partial charge in [-0.25, -0.2) is 4.98 Å². The molecule has 0 atom stereocenters. The summed E-state index contributed by atoms with van der Waals surface area (Å²) in [6.07, 6.45) is 6.39. The number of fused-ring (bicyclic) bond motifs is 1. The minimum absolute atomic E-state index is 0.238. The van der Waals surface area contributed by atoms with Crippen LogP contribution in [0.2, 0.25) is 0 Å². The molecule has 1 fully saturated rings. The molecule has 90 valence electrons. The number of carboxylic acid groups (broad SMARTS) is 1. The first-order chi connectivity index (χ1) is 8.24. The first-order valence-corrected chi connectivity index (χ1v) is 6.79. The molecular weight excluding hydrogens is 236 g/mol. The lowest BCUT2D eigenvalue weighted by Crippen LogP contribution is -1.97. The number of nitrogens with zero attached hydrogens (tertiary/aromatic N) is 2. The molecule has 0 spiro atoms. The zero-order valence-corrected chi connectivity index (χ0v) is 10.2. The summed E-state index contributed by atoms with van der Waals surface area (Å²) in [7, 11) is 0. The van der Waals surface area contributed by atoms with E-state index in [0.29, 0.717) is 12.3 Å². The Morgan fingerprint density at radius 2 is 2.41 bits per heavy atom. The number of hydrogen-bond acceptors (Lipinski definition) is 3. The van der Waals surface area contributed by atoms with Crippen molar-refractivity contribution in [3.63, 3.8) is 0 Å². The Kier molecular flexibility index (Phi) is 2.63. The molecule has 1 aliphatic rings. The van der Waals surface area contributed by atoms with E-state index >= 15 is 0 Å². The smallest absolute Gasteiger partial charge is 0.303 e. The summed E-state index contributed by atoms with van der Waals surface area (Å²) in [6, 6.07) is 0. The lowest BCUT2D eigenvalue weighted by Gasteiger charge is -1.97. The Morgan fingerprint density at radius 1 is 1.59 bits per heavy atom. The number of aliphatic carboxylic acids is 1. The summed E-state index contributed by atoms with van der Waals surface area (Å²) < 4.78 is 2.13. The number of aryl methyl sites for hydroxylation is 1. The van der Waals surface area contributed by atoms with Crippen LogP contribution in [0.5, 0.6) is 0 Å². The quantitative estimate of drug-likeness (QED) is 0.887. The molecule has 1 N–H and O–H groups in total. The van der Waals surface area contributed by atoms with Gasteiger partial charge in [0.2, 0.25) is 0 Å². The van der Waals surface area contributed by atoms with Gasteiger partial charge in [0, 0.05) is 29.6 Å². The highest BCUT2D eigenvalue weighted by Crippen LogP contribution is 2.40. The lowest BCUT2D eigenvalue weighted by atomic mass is 10.2. The van der Waals surface area contributed by atoms with E-state index < -0.39 is 5.97 Å². The van der Waals surface area contributed by atoms with Crippen LogP contribution in [0.15, 0.2) is 11.6 Å². The van der Waals surface area contributed by atoms with E-state index in [2.05, 4.69) is 21.0 Å². The van der Waals surface area contributed by atoms with E-state index in [-0.39, 0.29) is 6.42 Å². The second-order valence-corrected chi connectivity index (χ2v) is 5.40. The predicted octanol–water partition coefficient (Wildman–Crippen LogP) is 2.68.